The van der Waals surface area contributed by atoms with Crippen LogP contribution >= 0.6 is 0 Å². The van der Waals surface area contributed by atoms with Crippen LogP contribution in [0, 0.1) is 0 Å². The highest BCUT2D eigenvalue weighted by molar-refractivity contribution is 5.29. The van der Waals surface area contributed by atoms with Crippen LogP contribution in [0.4, 0.5) is 0 Å². The van der Waals surface area contributed by atoms with Gasteiger partial charge in [0.05, 0.1) is 0 Å². The van der Waals surface area contributed by atoms with Gasteiger partial charge in [-0.25, -0.2) is 0 Å². The maximum Gasteiger partial charge on any atom is 0.108 e. The van der Waals surface area contributed by atoms with Gasteiger partial charge >= 0.3 is 0 Å². The molecule has 0 unspecified atom stereocenters. The van der Waals surface area contributed by atoms with Crippen molar-refractivity contribution in [2.75, 3.05) is 27.2 Å². The summed E-state index contributed by atoms with van der Waals surface area (Å²) in [5, 5.41) is 0. The molecule has 0 bridgehead atoms. The maximum atomic E-state index is 6.18. The predicted octanol–water partition coefficient (Wildman–Crippen LogP) is 4.13. The molecule has 2 aromatic carbocycles. The van der Waals surface area contributed by atoms with Crippen LogP contribution in [0.25, 0.3) is 0 Å². The normalized spacial score (nSPS) is 11.2. The summed E-state index contributed by atoms with van der Waals surface area (Å²) in [6.07, 6.45) is 2.30. The van der Waals surface area contributed by atoms with E-state index in [1.165, 1.54) is 17.5 Å². The molecule has 0 saturated carbocycles. The third kappa shape index (κ3) is 5.33. The summed E-state index contributed by atoms with van der Waals surface area (Å²) in [7, 11) is 4.22. The van der Waals surface area contributed by atoms with Gasteiger partial charge in [-0.3, -0.25) is 0 Å². The molecule has 0 radical (unpaired) electrons. The van der Waals surface area contributed by atoms with E-state index in [4.69, 9.17) is 4.74 Å². The average Bonchev–Trinajstić information content (AvgIpc) is 2.52. The number of rotatable bonds is 8. The number of nitrogens with zero attached hydrogens (tertiary/aromatic N) is 1. The molecule has 0 aromatic heterocycles. The van der Waals surface area contributed by atoms with Gasteiger partial charge in [-0.05, 0) is 44.6 Å². The molecule has 0 spiro atoms. The molecule has 0 heterocycles. The maximum absolute atomic E-state index is 6.18. The Hall–Kier alpha value is -1.64. The van der Waals surface area contributed by atoms with Crippen molar-refractivity contribution in [3.63, 3.8) is 0 Å². The van der Waals surface area contributed by atoms with Gasteiger partial charge in [0.2, 0.25) is 0 Å². The van der Waals surface area contributed by atoms with Crippen LogP contribution < -0.4 is 0 Å². The Labute approximate surface area is 128 Å². The molecule has 0 aliphatic carbocycles. The fourth-order valence-electron chi connectivity index (χ4n) is 2.37. The second-order valence-electron chi connectivity index (χ2n) is 5.58. The first kappa shape index (κ1) is 15.7. The lowest BCUT2D eigenvalue weighted by Gasteiger charge is -2.19. The summed E-state index contributed by atoms with van der Waals surface area (Å²) in [5.41, 5.74) is 2.44. The first-order chi connectivity index (χ1) is 10.3. The molecular weight excluding hydrogens is 258 g/mol. The lowest BCUT2D eigenvalue weighted by atomic mass is 10.0. The van der Waals surface area contributed by atoms with Crippen molar-refractivity contribution >= 4 is 0 Å². The Bertz CT molecular complexity index is 456. The van der Waals surface area contributed by atoms with Crippen molar-refractivity contribution in [2.45, 2.75) is 18.9 Å². The smallest absolute Gasteiger partial charge is 0.108 e. The van der Waals surface area contributed by atoms with Crippen LogP contribution in [0.3, 0.4) is 0 Å². The minimum absolute atomic E-state index is 0.0340. The van der Waals surface area contributed by atoms with E-state index in [1.54, 1.807) is 0 Å². The minimum Gasteiger partial charge on any atom is -0.369 e. The molecule has 0 amide bonds. The molecule has 0 aliphatic rings. The van der Waals surface area contributed by atoms with E-state index in [0.29, 0.717) is 0 Å². The lowest BCUT2D eigenvalue weighted by molar-refractivity contribution is 0.0761. The fourth-order valence-corrected chi connectivity index (χ4v) is 2.37. The molecule has 112 valence electrons. The summed E-state index contributed by atoms with van der Waals surface area (Å²) < 4.78 is 6.18. The van der Waals surface area contributed by atoms with Crippen LogP contribution in [-0.2, 0) is 4.74 Å². The number of hydrogen-bond acceptors (Lipinski definition) is 2. The first-order valence-electron chi connectivity index (χ1n) is 7.63. The number of hydrogen-bond donors (Lipinski definition) is 0. The standard InChI is InChI=1S/C19H25NO/c1-20(2)15-9-10-16-21-19(17-11-5-3-6-12-17)18-13-7-4-8-14-18/h3-8,11-14,19H,9-10,15-16H2,1-2H3. The summed E-state index contributed by atoms with van der Waals surface area (Å²) >= 11 is 0. The Morgan fingerprint density at radius 1 is 0.810 bits per heavy atom. The summed E-state index contributed by atoms with van der Waals surface area (Å²) in [4.78, 5) is 2.21. The molecular formula is C19H25NO. The van der Waals surface area contributed by atoms with Gasteiger partial charge in [0.15, 0.2) is 0 Å². The minimum atomic E-state index is 0.0340. The molecule has 2 aromatic rings. The van der Waals surface area contributed by atoms with Crippen molar-refractivity contribution in [3.8, 4) is 0 Å². The number of benzene rings is 2. The Morgan fingerprint density at radius 3 is 1.81 bits per heavy atom. The zero-order valence-corrected chi connectivity index (χ0v) is 13.0. The SMILES string of the molecule is CN(C)CCCCOC(c1ccccc1)c1ccccc1. The molecule has 0 saturated heterocycles. The third-order valence-electron chi connectivity index (χ3n) is 3.49. The predicted molar refractivity (Wildman–Crippen MR) is 88.5 cm³/mol. The molecule has 2 nitrogen and oxygen atoms in total. The summed E-state index contributed by atoms with van der Waals surface area (Å²) in [5.74, 6) is 0. The second-order valence-corrected chi connectivity index (χ2v) is 5.58. The van der Waals surface area contributed by atoms with Crippen LogP contribution in [-0.4, -0.2) is 32.1 Å². The van der Waals surface area contributed by atoms with E-state index in [9.17, 15) is 0 Å². The van der Waals surface area contributed by atoms with Crippen molar-refractivity contribution in [2.24, 2.45) is 0 Å². The first-order valence-corrected chi connectivity index (χ1v) is 7.63. The van der Waals surface area contributed by atoms with E-state index in [-0.39, 0.29) is 6.10 Å². The van der Waals surface area contributed by atoms with Gasteiger partial charge in [-0.2, -0.15) is 0 Å². The Balaban J connectivity index is 1.97. The average molecular weight is 283 g/mol. The van der Waals surface area contributed by atoms with Crippen molar-refractivity contribution in [3.05, 3.63) is 71.8 Å². The zero-order valence-electron chi connectivity index (χ0n) is 13.0. The highest BCUT2D eigenvalue weighted by Gasteiger charge is 2.13. The van der Waals surface area contributed by atoms with E-state index in [1.807, 2.05) is 12.1 Å². The lowest BCUT2D eigenvalue weighted by Crippen LogP contribution is -2.14. The van der Waals surface area contributed by atoms with Gasteiger partial charge in [0.25, 0.3) is 0 Å². The van der Waals surface area contributed by atoms with Crippen LogP contribution in [0.1, 0.15) is 30.1 Å². The largest absolute Gasteiger partial charge is 0.369 e. The quantitative estimate of drug-likeness (QED) is 0.675. The van der Waals surface area contributed by atoms with Gasteiger partial charge in [0, 0.05) is 6.61 Å². The molecule has 0 aliphatic heterocycles. The topological polar surface area (TPSA) is 12.5 Å². The van der Waals surface area contributed by atoms with E-state index < -0.39 is 0 Å². The molecule has 2 rings (SSSR count). The summed E-state index contributed by atoms with van der Waals surface area (Å²) in [6, 6.07) is 20.9. The van der Waals surface area contributed by atoms with Crippen LogP contribution in [0.5, 0.6) is 0 Å². The Morgan fingerprint density at radius 2 is 1.33 bits per heavy atom. The monoisotopic (exact) mass is 283 g/mol. The van der Waals surface area contributed by atoms with Crippen LogP contribution in [0.15, 0.2) is 60.7 Å². The van der Waals surface area contributed by atoms with Crippen molar-refractivity contribution in [1.82, 2.24) is 4.90 Å². The number of unbranched alkanes of at least 4 members (excludes halogenated alkanes) is 1. The van der Waals surface area contributed by atoms with Gasteiger partial charge < -0.3 is 9.64 Å². The molecule has 0 atom stereocenters. The second kappa shape index (κ2) is 8.60. The Kier molecular flexibility index (Phi) is 6.45. The highest BCUT2D eigenvalue weighted by Crippen LogP contribution is 2.25. The van der Waals surface area contributed by atoms with Gasteiger partial charge in [-0.1, -0.05) is 60.7 Å². The zero-order chi connectivity index (χ0) is 14.9. The van der Waals surface area contributed by atoms with E-state index in [0.717, 1.165) is 19.6 Å². The fraction of sp³-hybridized carbons (Fsp3) is 0.368. The molecule has 2 heteroatoms. The number of ether oxygens (including phenoxy) is 1. The van der Waals surface area contributed by atoms with E-state index >= 15 is 0 Å². The highest BCUT2D eigenvalue weighted by atomic mass is 16.5. The van der Waals surface area contributed by atoms with Gasteiger partial charge in [-0.15, -0.1) is 0 Å². The van der Waals surface area contributed by atoms with Gasteiger partial charge in [0.1, 0.15) is 6.10 Å². The third-order valence-corrected chi connectivity index (χ3v) is 3.49. The molecule has 0 fully saturated rings. The van der Waals surface area contributed by atoms with Crippen LogP contribution in [0.2, 0.25) is 0 Å². The van der Waals surface area contributed by atoms with Crippen molar-refractivity contribution < 1.29 is 4.74 Å². The van der Waals surface area contributed by atoms with Crippen molar-refractivity contribution in [1.29, 1.82) is 0 Å². The molecule has 0 N–H and O–H groups in total. The molecule has 21 heavy (non-hydrogen) atoms. The summed E-state index contributed by atoms with van der Waals surface area (Å²) in [6.45, 7) is 1.91. The van der Waals surface area contributed by atoms with E-state index in [2.05, 4.69) is 67.5 Å².